The fourth-order valence-corrected chi connectivity index (χ4v) is 4.99. The molecule has 0 bridgehead atoms. The van der Waals surface area contributed by atoms with E-state index < -0.39 is 5.82 Å². The van der Waals surface area contributed by atoms with Gasteiger partial charge in [0.25, 0.3) is 11.4 Å². The van der Waals surface area contributed by atoms with Gasteiger partial charge < -0.3 is 24.4 Å². The molecule has 36 heavy (non-hydrogen) atoms. The number of hydrogen-bond donors (Lipinski definition) is 1. The quantitative estimate of drug-likeness (QED) is 0.502. The van der Waals surface area contributed by atoms with Gasteiger partial charge in [-0.15, -0.1) is 29.9 Å². The highest BCUT2D eigenvalue weighted by Gasteiger charge is 2.30. The molecule has 3 aromatic heterocycles. The van der Waals surface area contributed by atoms with Gasteiger partial charge in [0.2, 0.25) is 0 Å². The molecular weight excluding hydrogens is 514 g/mol. The monoisotopic (exact) mass is 540 g/mol. The average molecular weight is 541 g/mol. The lowest BCUT2D eigenvalue weighted by atomic mass is 10.1. The summed E-state index contributed by atoms with van der Waals surface area (Å²) in [6.45, 7) is 5.24. The van der Waals surface area contributed by atoms with Gasteiger partial charge in [0.1, 0.15) is 25.3 Å². The van der Waals surface area contributed by atoms with Gasteiger partial charge in [-0.05, 0) is 31.5 Å². The van der Waals surface area contributed by atoms with Crippen LogP contribution in [0.1, 0.15) is 18.2 Å². The second-order valence-electron chi connectivity index (χ2n) is 8.92. The number of rotatable bonds is 6. The standard InChI is InChI=1S/C23H25FN6O4.2ClH/c24-17-10-26-18-1-2-20(31)30-16(13-34-22(17)21(18)30)12-29-4-3-14(11-29)8-25-9-15-7-19-23(28-27-15)33-6-5-32-19;;/h1-2,7,10,14,16,25H,3-6,8-9,11-13H2;2*1H/t14-,16-;;/m1../s1. The van der Waals surface area contributed by atoms with E-state index in [1.165, 1.54) is 6.07 Å². The van der Waals surface area contributed by atoms with E-state index in [1.54, 1.807) is 10.6 Å². The van der Waals surface area contributed by atoms with Gasteiger partial charge in [0, 0.05) is 31.8 Å². The number of ether oxygens (including phenoxy) is 3. The molecule has 0 unspecified atom stereocenters. The van der Waals surface area contributed by atoms with Crippen molar-refractivity contribution in [1.29, 1.82) is 0 Å². The second-order valence-corrected chi connectivity index (χ2v) is 8.92. The Labute approximate surface area is 219 Å². The van der Waals surface area contributed by atoms with Gasteiger partial charge in [0.05, 0.1) is 23.4 Å². The number of halogens is 3. The molecule has 1 saturated heterocycles. The van der Waals surface area contributed by atoms with Crippen molar-refractivity contribution in [2.24, 2.45) is 5.92 Å². The summed E-state index contributed by atoms with van der Waals surface area (Å²) < 4.78 is 32.6. The van der Waals surface area contributed by atoms with Crippen molar-refractivity contribution in [1.82, 2.24) is 30.0 Å². The molecule has 1 N–H and O–H groups in total. The van der Waals surface area contributed by atoms with Crippen LogP contribution >= 0.6 is 24.8 Å². The maximum atomic E-state index is 14.2. The number of hydrogen-bond acceptors (Lipinski definition) is 9. The van der Waals surface area contributed by atoms with Crippen molar-refractivity contribution in [3.8, 4) is 17.4 Å². The molecule has 194 valence electrons. The molecule has 0 radical (unpaired) electrons. The molecule has 0 aromatic carbocycles. The van der Waals surface area contributed by atoms with E-state index in [-0.39, 0.29) is 48.8 Å². The fraction of sp³-hybridized carbons (Fsp3) is 0.478. The smallest absolute Gasteiger partial charge is 0.276 e. The Bertz CT molecular complexity index is 1300. The van der Waals surface area contributed by atoms with Crippen molar-refractivity contribution in [3.05, 3.63) is 46.3 Å². The third-order valence-corrected chi connectivity index (χ3v) is 6.57. The molecule has 3 aliphatic rings. The van der Waals surface area contributed by atoms with Crippen LogP contribution in [0, 0.1) is 11.7 Å². The molecule has 13 heteroatoms. The Balaban J connectivity index is 0.00000152. The first-order chi connectivity index (χ1) is 16.7. The van der Waals surface area contributed by atoms with Crippen molar-refractivity contribution >= 4 is 35.8 Å². The lowest BCUT2D eigenvalue weighted by Crippen LogP contribution is -2.39. The van der Waals surface area contributed by atoms with Crippen LogP contribution in [0.25, 0.3) is 11.0 Å². The minimum Gasteiger partial charge on any atom is -0.486 e. The highest BCUT2D eigenvalue weighted by Crippen LogP contribution is 2.33. The van der Waals surface area contributed by atoms with Crippen molar-refractivity contribution in [3.63, 3.8) is 0 Å². The van der Waals surface area contributed by atoms with Crippen LogP contribution in [0.2, 0.25) is 0 Å². The summed E-state index contributed by atoms with van der Waals surface area (Å²) in [6.07, 6.45) is 2.20. The number of pyridine rings is 2. The number of nitrogens with one attached hydrogen (secondary N) is 1. The summed E-state index contributed by atoms with van der Waals surface area (Å²) in [5, 5.41) is 11.7. The van der Waals surface area contributed by atoms with E-state index in [4.69, 9.17) is 14.2 Å². The molecule has 10 nitrogen and oxygen atoms in total. The Morgan fingerprint density at radius 2 is 2.00 bits per heavy atom. The molecule has 0 aliphatic carbocycles. The molecule has 2 atom stereocenters. The largest absolute Gasteiger partial charge is 0.486 e. The van der Waals surface area contributed by atoms with Crippen LogP contribution in [0.15, 0.2) is 29.2 Å². The zero-order valence-electron chi connectivity index (χ0n) is 19.4. The lowest BCUT2D eigenvalue weighted by Gasteiger charge is -2.31. The summed E-state index contributed by atoms with van der Waals surface area (Å²) in [7, 11) is 0. The topological polar surface area (TPSA) is 104 Å². The SMILES string of the molecule is Cl.Cl.O=c1ccc2ncc(F)c3c2n1[C@H](CN1CC[C@H](CNCc2cc4c(nn2)OCCO4)C1)CO3. The fourth-order valence-electron chi connectivity index (χ4n) is 4.99. The van der Waals surface area contributed by atoms with E-state index in [9.17, 15) is 9.18 Å². The van der Waals surface area contributed by atoms with Crippen LogP contribution in [-0.2, 0) is 6.54 Å². The molecule has 3 aliphatic heterocycles. The first-order valence-corrected chi connectivity index (χ1v) is 11.5. The Hall–Kier alpha value is -2.73. The van der Waals surface area contributed by atoms with E-state index in [2.05, 4.69) is 25.4 Å². The molecule has 1 fully saturated rings. The normalized spacial score (nSPS) is 20.4. The van der Waals surface area contributed by atoms with Gasteiger partial charge in [-0.2, -0.15) is 5.10 Å². The third-order valence-electron chi connectivity index (χ3n) is 6.57. The summed E-state index contributed by atoms with van der Waals surface area (Å²) in [6, 6.07) is 4.79. The van der Waals surface area contributed by atoms with Crippen LogP contribution in [0.4, 0.5) is 4.39 Å². The zero-order chi connectivity index (χ0) is 23.1. The molecular formula is C23H27Cl2FN6O4. The number of nitrogens with zero attached hydrogens (tertiary/aromatic N) is 5. The molecule has 0 amide bonds. The molecule has 0 saturated carbocycles. The summed E-state index contributed by atoms with van der Waals surface area (Å²) >= 11 is 0. The number of fused-ring (bicyclic) bond motifs is 1. The third kappa shape index (κ3) is 5.06. The van der Waals surface area contributed by atoms with Gasteiger partial charge >= 0.3 is 0 Å². The lowest BCUT2D eigenvalue weighted by molar-refractivity contribution is 0.161. The van der Waals surface area contributed by atoms with Crippen molar-refractivity contribution in [2.45, 2.75) is 19.0 Å². The van der Waals surface area contributed by atoms with Crippen molar-refractivity contribution in [2.75, 3.05) is 46.0 Å². The molecule has 6 rings (SSSR count). The van der Waals surface area contributed by atoms with E-state index in [1.807, 2.05) is 6.07 Å². The molecule has 3 aromatic rings. The zero-order valence-corrected chi connectivity index (χ0v) is 21.0. The summed E-state index contributed by atoms with van der Waals surface area (Å²) in [4.78, 5) is 19.1. The van der Waals surface area contributed by atoms with Crippen molar-refractivity contribution < 1.29 is 18.6 Å². The minimum atomic E-state index is -0.541. The molecule has 6 heterocycles. The van der Waals surface area contributed by atoms with Crippen LogP contribution in [0.3, 0.4) is 0 Å². The first kappa shape index (κ1) is 26.3. The number of aromatic nitrogens is 4. The number of likely N-dealkylation sites (tertiary alicyclic amines) is 1. The molecule has 0 spiro atoms. The van der Waals surface area contributed by atoms with E-state index in [0.717, 1.165) is 37.9 Å². The first-order valence-electron chi connectivity index (χ1n) is 11.5. The minimum absolute atomic E-state index is 0. The predicted molar refractivity (Wildman–Crippen MR) is 134 cm³/mol. The van der Waals surface area contributed by atoms with Gasteiger partial charge in [-0.25, -0.2) is 4.39 Å². The Morgan fingerprint density at radius 1 is 1.14 bits per heavy atom. The second kappa shape index (κ2) is 11.1. The van der Waals surface area contributed by atoms with Gasteiger partial charge in [-0.3, -0.25) is 14.3 Å². The maximum Gasteiger partial charge on any atom is 0.276 e. The van der Waals surface area contributed by atoms with Gasteiger partial charge in [0.15, 0.2) is 17.3 Å². The highest BCUT2D eigenvalue weighted by atomic mass is 35.5. The van der Waals surface area contributed by atoms with Crippen LogP contribution in [-0.4, -0.2) is 70.6 Å². The maximum absolute atomic E-state index is 14.2. The highest BCUT2D eigenvalue weighted by molar-refractivity contribution is 5.85. The van der Waals surface area contributed by atoms with E-state index >= 15 is 0 Å². The Kier molecular flexibility index (Phi) is 8.13. The summed E-state index contributed by atoms with van der Waals surface area (Å²) in [5.74, 6) is 1.14. The summed E-state index contributed by atoms with van der Waals surface area (Å²) in [5.41, 5.74) is 1.66. The Morgan fingerprint density at radius 3 is 2.89 bits per heavy atom. The van der Waals surface area contributed by atoms with Crippen LogP contribution in [0.5, 0.6) is 17.4 Å². The van der Waals surface area contributed by atoms with Crippen LogP contribution < -0.4 is 25.1 Å². The van der Waals surface area contributed by atoms with E-state index in [0.29, 0.717) is 54.9 Å². The average Bonchev–Trinajstić information content (AvgIpc) is 3.30. The van der Waals surface area contributed by atoms with Gasteiger partial charge in [-0.1, -0.05) is 0 Å². The predicted octanol–water partition coefficient (Wildman–Crippen LogP) is 1.99.